The van der Waals surface area contributed by atoms with Crippen LogP contribution in [-0.4, -0.2) is 37.0 Å². The first kappa shape index (κ1) is 19.4. The third-order valence-corrected chi connectivity index (χ3v) is 3.66. The standard InChI is InChI=1S/C16H23N3O5/c1-16(2,3)13(9-14(20)24-5)18-11-8-10(15(21)17-4)6-7-12(11)19(22)23/h6-8,13,18H,9H2,1-5H3,(H,17,21)/t13-/m0/s1. The van der Waals surface area contributed by atoms with Gasteiger partial charge in [-0.25, -0.2) is 0 Å². The van der Waals surface area contributed by atoms with Crippen molar-refractivity contribution in [1.82, 2.24) is 5.32 Å². The molecule has 1 amide bonds. The van der Waals surface area contributed by atoms with Gasteiger partial charge in [-0.15, -0.1) is 0 Å². The lowest BCUT2D eigenvalue weighted by molar-refractivity contribution is -0.384. The predicted molar refractivity (Wildman–Crippen MR) is 90.0 cm³/mol. The van der Waals surface area contributed by atoms with Gasteiger partial charge >= 0.3 is 5.97 Å². The Bertz CT molecular complexity index is 637. The van der Waals surface area contributed by atoms with E-state index in [0.717, 1.165) is 0 Å². The molecule has 1 aromatic rings. The van der Waals surface area contributed by atoms with Crippen LogP contribution in [0.5, 0.6) is 0 Å². The maximum absolute atomic E-state index is 11.8. The minimum Gasteiger partial charge on any atom is -0.469 e. The van der Waals surface area contributed by atoms with Crippen molar-refractivity contribution in [3.8, 4) is 0 Å². The number of hydrogen-bond acceptors (Lipinski definition) is 6. The Morgan fingerprint density at radius 1 is 1.33 bits per heavy atom. The lowest BCUT2D eigenvalue weighted by Gasteiger charge is -2.31. The van der Waals surface area contributed by atoms with Crippen molar-refractivity contribution in [1.29, 1.82) is 0 Å². The third kappa shape index (κ3) is 4.94. The van der Waals surface area contributed by atoms with Crippen molar-refractivity contribution in [2.24, 2.45) is 5.41 Å². The van der Waals surface area contributed by atoms with Gasteiger partial charge in [0.15, 0.2) is 0 Å². The van der Waals surface area contributed by atoms with E-state index < -0.39 is 16.9 Å². The zero-order chi connectivity index (χ0) is 18.5. The molecule has 1 atom stereocenters. The van der Waals surface area contributed by atoms with Crippen molar-refractivity contribution in [3.63, 3.8) is 0 Å². The molecule has 0 bridgehead atoms. The highest BCUT2D eigenvalue weighted by Gasteiger charge is 2.29. The number of benzene rings is 1. The molecule has 8 heteroatoms. The van der Waals surface area contributed by atoms with Crippen molar-refractivity contribution in [2.45, 2.75) is 33.2 Å². The molecule has 132 valence electrons. The smallest absolute Gasteiger partial charge is 0.307 e. The molecule has 0 heterocycles. The van der Waals surface area contributed by atoms with Crippen molar-refractivity contribution < 1.29 is 19.2 Å². The molecule has 1 aromatic carbocycles. The first-order chi connectivity index (χ1) is 11.1. The number of ether oxygens (including phenoxy) is 1. The molecule has 0 aliphatic rings. The van der Waals surface area contributed by atoms with Crippen LogP contribution in [-0.2, 0) is 9.53 Å². The molecule has 0 saturated heterocycles. The van der Waals surface area contributed by atoms with Crippen molar-refractivity contribution >= 4 is 23.3 Å². The fourth-order valence-corrected chi connectivity index (χ4v) is 2.11. The van der Waals surface area contributed by atoms with Crippen LogP contribution in [0.15, 0.2) is 18.2 Å². The molecule has 24 heavy (non-hydrogen) atoms. The third-order valence-electron chi connectivity index (χ3n) is 3.66. The summed E-state index contributed by atoms with van der Waals surface area (Å²) in [4.78, 5) is 34.1. The molecule has 2 N–H and O–H groups in total. The maximum atomic E-state index is 11.8. The number of methoxy groups -OCH3 is 1. The predicted octanol–water partition coefficient (Wildman–Crippen LogP) is 2.34. The van der Waals surface area contributed by atoms with Crippen molar-refractivity contribution in [2.75, 3.05) is 19.5 Å². The number of anilines is 1. The number of amides is 1. The Labute approximate surface area is 140 Å². The highest BCUT2D eigenvalue weighted by Crippen LogP contribution is 2.31. The van der Waals surface area contributed by atoms with E-state index in [1.54, 1.807) is 0 Å². The van der Waals surface area contributed by atoms with Gasteiger partial charge in [0, 0.05) is 24.7 Å². The topological polar surface area (TPSA) is 111 Å². The second-order valence-corrected chi connectivity index (χ2v) is 6.41. The second-order valence-electron chi connectivity index (χ2n) is 6.41. The summed E-state index contributed by atoms with van der Waals surface area (Å²) in [7, 11) is 2.77. The number of nitrogens with one attached hydrogen (secondary N) is 2. The fraction of sp³-hybridized carbons (Fsp3) is 0.500. The van der Waals surface area contributed by atoms with E-state index in [1.807, 2.05) is 20.8 Å². The number of rotatable bonds is 6. The Balaban J connectivity index is 3.26. The summed E-state index contributed by atoms with van der Waals surface area (Å²) in [5, 5.41) is 16.8. The van der Waals surface area contributed by atoms with Crippen molar-refractivity contribution in [3.05, 3.63) is 33.9 Å². The first-order valence-corrected chi connectivity index (χ1v) is 7.44. The van der Waals surface area contributed by atoms with Crippen LogP contribution in [0.3, 0.4) is 0 Å². The summed E-state index contributed by atoms with van der Waals surface area (Å²) in [5.41, 5.74) is -0.0616. The minimum atomic E-state index is -0.534. The average molecular weight is 337 g/mol. The van der Waals surface area contributed by atoms with Crippen LogP contribution < -0.4 is 10.6 Å². The molecule has 0 fully saturated rings. The second kappa shape index (κ2) is 7.76. The number of nitro groups is 1. The van der Waals surface area contributed by atoms with Crippen LogP contribution in [0.4, 0.5) is 11.4 Å². The van der Waals surface area contributed by atoms with Crippen LogP contribution >= 0.6 is 0 Å². The van der Waals surface area contributed by atoms with Gasteiger partial charge in [0.25, 0.3) is 11.6 Å². The summed E-state index contributed by atoms with van der Waals surface area (Å²) in [6.45, 7) is 5.71. The summed E-state index contributed by atoms with van der Waals surface area (Å²) in [6, 6.07) is 3.65. The number of hydrogen-bond donors (Lipinski definition) is 2. The average Bonchev–Trinajstić information content (AvgIpc) is 2.51. The van der Waals surface area contributed by atoms with Gasteiger partial charge in [0.2, 0.25) is 0 Å². The molecule has 0 radical (unpaired) electrons. The van der Waals surface area contributed by atoms with E-state index in [-0.39, 0.29) is 34.7 Å². The van der Waals surface area contributed by atoms with E-state index in [0.29, 0.717) is 0 Å². The Morgan fingerprint density at radius 2 is 1.96 bits per heavy atom. The molecule has 0 aliphatic carbocycles. The molecule has 0 aromatic heterocycles. The van der Waals surface area contributed by atoms with Gasteiger partial charge in [-0.1, -0.05) is 20.8 Å². The molecule has 0 unspecified atom stereocenters. The van der Waals surface area contributed by atoms with Gasteiger partial charge < -0.3 is 15.4 Å². The largest absolute Gasteiger partial charge is 0.469 e. The number of carbonyl (C=O) groups is 2. The summed E-state index contributed by atoms with van der Waals surface area (Å²) in [5.74, 6) is -0.777. The van der Waals surface area contributed by atoms with Crippen LogP contribution in [0.2, 0.25) is 0 Å². The summed E-state index contributed by atoms with van der Waals surface area (Å²) >= 11 is 0. The molecular formula is C16H23N3O5. The molecular weight excluding hydrogens is 314 g/mol. The lowest BCUT2D eigenvalue weighted by Crippen LogP contribution is -2.36. The zero-order valence-corrected chi connectivity index (χ0v) is 14.5. The molecule has 8 nitrogen and oxygen atoms in total. The highest BCUT2D eigenvalue weighted by atomic mass is 16.6. The SMILES string of the molecule is CNC(=O)c1ccc([N+](=O)[O-])c(N[C@@H](CC(=O)OC)C(C)(C)C)c1. The summed E-state index contributed by atoms with van der Waals surface area (Å²) < 4.78 is 4.69. The lowest BCUT2D eigenvalue weighted by atomic mass is 9.84. The quantitative estimate of drug-likeness (QED) is 0.468. The Morgan fingerprint density at radius 3 is 2.42 bits per heavy atom. The van der Waals surface area contributed by atoms with Gasteiger partial charge in [0.1, 0.15) is 5.69 Å². The monoisotopic (exact) mass is 337 g/mol. The molecule has 1 rings (SSSR count). The van der Waals surface area contributed by atoms with Gasteiger partial charge in [-0.05, 0) is 17.5 Å². The van der Waals surface area contributed by atoms with Crippen LogP contribution in [0.1, 0.15) is 37.6 Å². The number of nitro benzene ring substituents is 1. The fourth-order valence-electron chi connectivity index (χ4n) is 2.11. The normalized spacial score (nSPS) is 12.2. The first-order valence-electron chi connectivity index (χ1n) is 7.44. The van der Waals surface area contributed by atoms with Crippen LogP contribution in [0.25, 0.3) is 0 Å². The zero-order valence-electron chi connectivity index (χ0n) is 14.5. The minimum absolute atomic E-state index is 0.0430. The number of carbonyl (C=O) groups excluding carboxylic acids is 2. The molecule has 0 saturated carbocycles. The van der Waals surface area contributed by atoms with E-state index in [9.17, 15) is 19.7 Å². The Kier molecular flexibility index (Phi) is 6.27. The maximum Gasteiger partial charge on any atom is 0.307 e. The highest BCUT2D eigenvalue weighted by molar-refractivity contribution is 5.95. The van der Waals surface area contributed by atoms with E-state index >= 15 is 0 Å². The van der Waals surface area contributed by atoms with E-state index in [4.69, 9.17) is 4.74 Å². The molecule has 0 aliphatic heterocycles. The van der Waals surface area contributed by atoms with Crippen LogP contribution in [0, 0.1) is 15.5 Å². The molecule has 0 spiro atoms. The van der Waals surface area contributed by atoms with Gasteiger partial charge in [0.05, 0.1) is 18.5 Å². The van der Waals surface area contributed by atoms with E-state index in [2.05, 4.69) is 10.6 Å². The van der Waals surface area contributed by atoms with E-state index in [1.165, 1.54) is 32.4 Å². The number of esters is 1. The summed E-state index contributed by atoms with van der Waals surface area (Å²) in [6.07, 6.45) is 0.0430. The van der Waals surface area contributed by atoms with Gasteiger partial charge in [-0.2, -0.15) is 0 Å². The van der Waals surface area contributed by atoms with Gasteiger partial charge in [-0.3, -0.25) is 19.7 Å². The number of nitrogens with zero attached hydrogens (tertiary/aromatic N) is 1. The Hall–Kier alpha value is -2.64.